The number of anilines is 1. The second-order valence-corrected chi connectivity index (χ2v) is 5.85. The minimum Gasteiger partial charge on any atom is -0.511 e. The van der Waals surface area contributed by atoms with Crippen LogP contribution in [0.25, 0.3) is 16.6 Å². The van der Waals surface area contributed by atoms with E-state index in [0.717, 1.165) is 6.07 Å². The van der Waals surface area contributed by atoms with Crippen LogP contribution in [-0.2, 0) is 11.3 Å². The number of aryl methyl sites for hydroxylation is 1. The van der Waals surface area contributed by atoms with Gasteiger partial charge in [0.2, 0.25) is 0 Å². The number of carbonyl (C=O) groups excluding carboxylic acids is 1. The third kappa shape index (κ3) is 2.50. The summed E-state index contributed by atoms with van der Waals surface area (Å²) in [5.41, 5.74) is -0.188. The normalized spacial score (nSPS) is 13.8. The van der Waals surface area contributed by atoms with Gasteiger partial charge in [-0.2, -0.15) is 0 Å². The predicted octanol–water partition coefficient (Wildman–Crippen LogP) is 3.77. The fraction of sp³-hybridized carbons (Fsp3) is 0.111. The van der Waals surface area contributed by atoms with Gasteiger partial charge in [-0.25, -0.2) is 18.2 Å². The molecule has 0 aliphatic carbocycles. The first-order chi connectivity index (χ1) is 12.5. The quantitative estimate of drug-likeness (QED) is 0.732. The topological polar surface area (TPSA) is 67.2 Å². The van der Waals surface area contributed by atoms with Gasteiger partial charge in [0.1, 0.15) is 34.3 Å². The van der Waals surface area contributed by atoms with Gasteiger partial charge in [0.15, 0.2) is 5.82 Å². The molecule has 3 aromatic rings. The minimum atomic E-state index is -0.866. The Hall–Kier alpha value is -3.29. The first-order valence-electron chi connectivity index (χ1n) is 7.79. The molecule has 0 spiro atoms. The largest absolute Gasteiger partial charge is 0.511 e. The Balaban J connectivity index is 1.82. The number of fused-ring (bicyclic) bond motifs is 3. The number of nitrogens with one attached hydrogen (secondary N) is 1. The van der Waals surface area contributed by atoms with Crippen molar-refractivity contribution in [2.45, 2.75) is 13.0 Å². The van der Waals surface area contributed by atoms with Crippen molar-refractivity contribution < 1.29 is 23.1 Å². The van der Waals surface area contributed by atoms with Gasteiger partial charge >= 0.3 is 0 Å². The summed E-state index contributed by atoms with van der Waals surface area (Å²) >= 11 is 0. The lowest BCUT2D eigenvalue weighted by molar-refractivity contribution is -0.111. The van der Waals surface area contributed by atoms with Gasteiger partial charge < -0.3 is 15.0 Å². The molecule has 0 atom stereocenters. The van der Waals surface area contributed by atoms with E-state index in [0.29, 0.717) is 6.07 Å². The molecule has 2 heterocycles. The molecule has 132 valence electrons. The lowest BCUT2D eigenvalue weighted by atomic mass is 10.1. The third-order valence-electron chi connectivity index (χ3n) is 4.21. The van der Waals surface area contributed by atoms with Gasteiger partial charge in [0.05, 0.1) is 11.2 Å². The van der Waals surface area contributed by atoms with E-state index < -0.39 is 23.4 Å². The predicted molar refractivity (Wildman–Crippen MR) is 88.8 cm³/mol. The Morgan fingerprint density at radius 3 is 2.69 bits per heavy atom. The van der Waals surface area contributed by atoms with Crippen LogP contribution < -0.4 is 5.32 Å². The van der Waals surface area contributed by atoms with Crippen molar-refractivity contribution in [3.8, 4) is 0 Å². The molecule has 1 aromatic heterocycles. The van der Waals surface area contributed by atoms with Crippen molar-refractivity contribution in [3.63, 3.8) is 0 Å². The number of nitrogens with zero attached hydrogens (tertiary/aromatic N) is 2. The zero-order chi connectivity index (χ0) is 18.4. The van der Waals surface area contributed by atoms with Gasteiger partial charge in [-0.05, 0) is 18.2 Å². The van der Waals surface area contributed by atoms with Crippen molar-refractivity contribution in [3.05, 3.63) is 65.4 Å². The van der Waals surface area contributed by atoms with Crippen LogP contribution in [0, 0.1) is 17.5 Å². The Morgan fingerprint density at radius 1 is 1.15 bits per heavy atom. The Labute approximate surface area is 145 Å². The van der Waals surface area contributed by atoms with Crippen LogP contribution in [0.5, 0.6) is 0 Å². The van der Waals surface area contributed by atoms with Crippen LogP contribution in [0.1, 0.15) is 12.2 Å². The number of rotatable bonds is 2. The van der Waals surface area contributed by atoms with E-state index in [1.54, 1.807) is 6.07 Å². The maximum Gasteiger partial charge on any atom is 0.262 e. The highest BCUT2D eigenvalue weighted by atomic mass is 19.1. The number of halogens is 3. The average Bonchev–Trinajstić information content (AvgIpc) is 2.95. The number of hydrogen-bond acceptors (Lipinski definition) is 3. The molecule has 2 aromatic carbocycles. The molecule has 4 rings (SSSR count). The molecule has 1 aliphatic rings. The van der Waals surface area contributed by atoms with E-state index in [4.69, 9.17) is 0 Å². The van der Waals surface area contributed by atoms with Crippen molar-refractivity contribution in [2.75, 3.05) is 5.32 Å². The minimum absolute atomic E-state index is 0.00193. The van der Waals surface area contributed by atoms with E-state index in [2.05, 4.69) is 10.3 Å². The molecule has 8 heteroatoms. The summed E-state index contributed by atoms with van der Waals surface area (Å²) in [7, 11) is 0. The van der Waals surface area contributed by atoms with E-state index in [9.17, 15) is 23.1 Å². The van der Waals surface area contributed by atoms with Crippen LogP contribution in [0.4, 0.5) is 18.9 Å². The third-order valence-corrected chi connectivity index (χ3v) is 4.21. The number of imidazole rings is 1. The molecular formula is C18H12F3N3O2. The van der Waals surface area contributed by atoms with Crippen LogP contribution in [-0.4, -0.2) is 20.6 Å². The molecule has 0 saturated heterocycles. The summed E-state index contributed by atoms with van der Waals surface area (Å²) in [6, 6.07) is 7.37. The molecule has 0 radical (unpaired) electrons. The number of aliphatic hydroxyl groups excluding tert-OH is 1. The first kappa shape index (κ1) is 16.2. The van der Waals surface area contributed by atoms with Crippen molar-refractivity contribution in [1.82, 2.24) is 9.55 Å². The van der Waals surface area contributed by atoms with Gasteiger partial charge in [0.25, 0.3) is 5.91 Å². The summed E-state index contributed by atoms with van der Waals surface area (Å²) in [6.45, 7) is 0.205. The highest BCUT2D eigenvalue weighted by Gasteiger charge is 2.29. The first-order valence-corrected chi connectivity index (χ1v) is 7.79. The van der Waals surface area contributed by atoms with Crippen LogP contribution in [0.15, 0.2) is 42.2 Å². The summed E-state index contributed by atoms with van der Waals surface area (Å²) in [4.78, 5) is 16.7. The molecule has 2 N–H and O–H groups in total. The van der Waals surface area contributed by atoms with Gasteiger partial charge in [-0.3, -0.25) is 4.79 Å². The number of aliphatic hydroxyl groups is 1. The van der Waals surface area contributed by atoms with Crippen molar-refractivity contribution in [2.24, 2.45) is 0 Å². The van der Waals surface area contributed by atoms with E-state index >= 15 is 0 Å². The number of aromatic nitrogens is 2. The summed E-state index contributed by atoms with van der Waals surface area (Å²) in [5, 5.41) is 12.6. The monoisotopic (exact) mass is 359 g/mol. The lowest BCUT2D eigenvalue weighted by Crippen LogP contribution is -2.22. The van der Waals surface area contributed by atoms with E-state index in [1.807, 2.05) is 0 Å². The Kier molecular flexibility index (Phi) is 3.68. The number of carbonyl (C=O) groups is 1. The highest BCUT2D eigenvalue weighted by Crippen LogP contribution is 2.32. The lowest BCUT2D eigenvalue weighted by Gasteiger charge is -2.18. The molecular weight excluding hydrogens is 347 g/mol. The second-order valence-electron chi connectivity index (χ2n) is 5.85. The number of benzene rings is 2. The fourth-order valence-electron chi connectivity index (χ4n) is 3.02. The maximum absolute atomic E-state index is 14.0. The molecule has 0 fully saturated rings. The number of amides is 1. The maximum atomic E-state index is 14.0. The average molecular weight is 359 g/mol. The summed E-state index contributed by atoms with van der Waals surface area (Å²) < 4.78 is 42.8. The van der Waals surface area contributed by atoms with Gasteiger partial charge in [-0.15, -0.1) is 0 Å². The zero-order valence-electron chi connectivity index (χ0n) is 13.3. The van der Waals surface area contributed by atoms with Crippen molar-refractivity contribution in [1.29, 1.82) is 0 Å². The fourth-order valence-corrected chi connectivity index (χ4v) is 3.02. The second kappa shape index (κ2) is 5.91. The van der Waals surface area contributed by atoms with E-state index in [-0.39, 0.29) is 46.8 Å². The SMILES string of the molecule is O=C(Nc1ccccc1F)C1=C(O)CCn2c1nc1c(F)cc(F)cc12. The number of allylic oxidation sites excluding steroid dienone is 1. The Bertz CT molecular complexity index is 1090. The molecule has 1 amide bonds. The molecule has 0 saturated carbocycles. The van der Waals surface area contributed by atoms with Crippen LogP contribution >= 0.6 is 0 Å². The smallest absolute Gasteiger partial charge is 0.262 e. The molecule has 0 bridgehead atoms. The molecule has 5 nitrogen and oxygen atoms in total. The highest BCUT2D eigenvalue weighted by molar-refractivity contribution is 6.25. The number of para-hydroxylation sites is 1. The van der Waals surface area contributed by atoms with E-state index in [1.165, 1.54) is 22.8 Å². The van der Waals surface area contributed by atoms with Crippen molar-refractivity contribution >= 4 is 28.2 Å². The summed E-state index contributed by atoms with van der Waals surface area (Å²) in [6.07, 6.45) is 0.0800. The van der Waals surface area contributed by atoms with Crippen LogP contribution in [0.2, 0.25) is 0 Å². The summed E-state index contributed by atoms with van der Waals surface area (Å²) in [5.74, 6) is -3.31. The number of hydrogen-bond donors (Lipinski definition) is 2. The molecule has 1 aliphatic heterocycles. The Morgan fingerprint density at radius 2 is 1.92 bits per heavy atom. The molecule has 0 unspecified atom stereocenters. The molecule has 26 heavy (non-hydrogen) atoms. The van der Waals surface area contributed by atoms with Gasteiger partial charge in [0, 0.05) is 19.0 Å². The van der Waals surface area contributed by atoms with Crippen LogP contribution in [0.3, 0.4) is 0 Å². The van der Waals surface area contributed by atoms with Gasteiger partial charge in [-0.1, -0.05) is 12.1 Å². The standard InChI is InChI=1S/C18H12F3N3O2/c19-9-7-11(21)16-13(8-9)24-6-5-14(25)15(17(24)23-16)18(26)22-12-4-2-1-3-10(12)20/h1-4,7-8,25H,5-6H2,(H,22,26). The zero-order valence-corrected chi connectivity index (χ0v) is 13.3.